The summed E-state index contributed by atoms with van der Waals surface area (Å²) < 4.78 is 0. The molecule has 0 aliphatic heterocycles. The van der Waals surface area contributed by atoms with E-state index in [1.54, 1.807) is 11.1 Å². The molecule has 1 aromatic rings. The van der Waals surface area contributed by atoms with Gasteiger partial charge in [0.1, 0.15) is 0 Å². The van der Waals surface area contributed by atoms with E-state index in [-0.39, 0.29) is 0 Å². The summed E-state index contributed by atoms with van der Waals surface area (Å²) >= 11 is 0. The first-order valence-corrected chi connectivity index (χ1v) is 12.8. The van der Waals surface area contributed by atoms with E-state index in [0.29, 0.717) is 29.1 Å². The predicted octanol–water partition coefficient (Wildman–Crippen LogP) is 9.00. The van der Waals surface area contributed by atoms with E-state index in [4.69, 9.17) is 6.58 Å². The summed E-state index contributed by atoms with van der Waals surface area (Å²) in [6.07, 6.45) is 9.02. The standard InChI is InChI=1S/C32H46/c1-10-12-17-28(23(6)21(3)4)29(31-30(11-2)32(31,8)9)18-22(5)24(7)27-19-25-15-13-14-16-26(25)20-27/h10,13-16,24,27-31H,1,3,5-6,11-12,17-20H2,2,4,7-9H3. The molecule has 0 heteroatoms. The lowest BCUT2D eigenvalue weighted by Gasteiger charge is -2.33. The Morgan fingerprint density at radius 2 is 1.72 bits per heavy atom. The van der Waals surface area contributed by atoms with Crippen molar-refractivity contribution < 1.29 is 0 Å². The number of allylic oxidation sites excluding steroid dienone is 4. The summed E-state index contributed by atoms with van der Waals surface area (Å²) in [7, 11) is 0. The van der Waals surface area contributed by atoms with Crippen molar-refractivity contribution in [2.75, 3.05) is 0 Å². The lowest BCUT2D eigenvalue weighted by Crippen LogP contribution is -2.25. The van der Waals surface area contributed by atoms with E-state index in [2.05, 4.69) is 84.7 Å². The number of hydrogen-bond acceptors (Lipinski definition) is 0. The van der Waals surface area contributed by atoms with E-state index in [0.717, 1.165) is 36.7 Å². The molecule has 1 saturated carbocycles. The van der Waals surface area contributed by atoms with E-state index >= 15 is 0 Å². The summed E-state index contributed by atoms with van der Waals surface area (Å²) in [6.45, 7) is 29.4. The zero-order chi connectivity index (χ0) is 23.6. The molecule has 3 rings (SSSR count). The molecule has 2 aliphatic carbocycles. The van der Waals surface area contributed by atoms with Gasteiger partial charge < -0.3 is 0 Å². The van der Waals surface area contributed by atoms with E-state index in [1.165, 1.54) is 30.4 Å². The molecule has 0 spiro atoms. The average molecular weight is 431 g/mol. The Balaban J connectivity index is 1.82. The van der Waals surface area contributed by atoms with Crippen LogP contribution in [-0.4, -0.2) is 0 Å². The highest BCUT2D eigenvalue weighted by atomic mass is 14.6. The number of rotatable bonds is 12. The van der Waals surface area contributed by atoms with Crippen molar-refractivity contribution >= 4 is 0 Å². The maximum atomic E-state index is 4.71. The first-order valence-electron chi connectivity index (χ1n) is 12.8. The molecule has 0 aromatic heterocycles. The van der Waals surface area contributed by atoms with Crippen LogP contribution in [0.4, 0.5) is 0 Å². The molecule has 32 heavy (non-hydrogen) atoms. The zero-order valence-electron chi connectivity index (χ0n) is 21.4. The quantitative estimate of drug-likeness (QED) is 0.229. The Hall–Kier alpha value is -1.82. The fourth-order valence-corrected chi connectivity index (χ4v) is 6.97. The van der Waals surface area contributed by atoms with Gasteiger partial charge in [0.05, 0.1) is 0 Å². The van der Waals surface area contributed by atoms with Gasteiger partial charge in [-0.1, -0.05) is 95.3 Å². The molecule has 0 amide bonds. The molecule has 1 fully saturated rings. The van der Waals surface area contributed by atoms with Gasteiger partial charge in [-0.05, 0) is 96.7 Å². The maximum Gasteiger partial charge on any atom is -0.0128 e. The Kier molecular flexibility index (Phi) is 7.74. The van der Waals surface area contributed by atoms with Gasteiger partial charge in [-0.3, -0.25) is 0 Å². The van der Waals surface area contributed by atoms with Crippen LogP contribution < -0.4 is 0 Å². The van der Waals surface area contributed by atoms with Crippen LogP contribution in [0.1, 0.15) is 71.4 Å². The van der Waals surface area contributed by atoms with Crippen LogP contribution in [0.2, 0.25) is 0 Å². The average Bonchev–Trinajstić information content (AvgIpc) is 3.09. The maximum absolute atomic E-state index is 4.71. The van der Waals surface area contributed by atoms with Crippen LogP contribution in [-0.2, 0) is 12.8 Å². The molecule has 2 aliphatic rings. The van der Waals surface area contributed by atoms with Crippen LogP contribution in [0.5, 0.6) is 0 Å². The Bertz CT molecular complexity index is 841. The van der Waals surface area contributed by atoms with Gasteiger partial charge in [-0.25, -0.2) is 0 Å². The third kappa shape index (κ3) is 4.90. The largest absolute Gasteiger partial charge is 0.103 e. The van der Waals surface area contributed by atoms with Gasteiger partial charge in [0, 0.05) is 0 Å². The van der Waals surface area contributed by atoms with Gasteiger partial charge in [0.2, 0.25) is 0 Å². The van der Waals surface area contributed by atoms with Gasteiger partial charge in [-0.2, -0.15) is 0 Å². The fourth-order valence-electron chi connectivity index (χ4n) is 6.97. The normalized spacial score (nSPS) is 24.3. The zero-order valence-corrected chi connectivity index (χ0v) is 21.4. The fraction of sp³-hybridized carbons (Fsp3) is 0.562. The first-order chi connectivity index (χ1) is 15.1. The molecular weight excluding hydrogens is 384 g/mol. The summed E-state index contributed by atoms with van der Waals surface area (Å²) in [5.74, 6) is 3.84. The van der Waals surface area contributed by atoms with Crippen molar-refractivity contribution in [3.8, 4) is 0 Å². The first kappa shape index (κ1) is 24.8. The lowest BCUT2D eigenvalue weighted by atomic mass is 9.71. The Morgan fingerprint density at radius 1 is 1.12 bits per heavy atom. The summed E-state index contributed by atoms with van der Waals surface area (Å²) in [6, 6.07) is 9.00. The summed E-state index contributed by atoms with van der Waals surface area (Å²) in [5, 5.41) is 0. The van der Waals surface area contributed by atoms with Crippen LogP contribution >= 0.6 is 0 Å². The monoisotopic (exact) mass is 430 g/mol. The molecule has 5 unspecified atom stereocenters. The van der Waals surface area contributed by atoms with Gasteiger partial charge in [0.15, 0.2) is 0 Å². The summed E-state index contributed by atoms with van der Waals surface area (Å²) in [5.41, 5.74) is 7.34. The number of fused-ring (bicyclic) bond motifs is 1. The minimum atomic E-state index is 0.411. The van der Waals surface area contributed by atoms with Crippen LogP contribution in [0.3, 0.4) is 0 Å². The minimum Gasteiger partial charge on any atom is -0.103 e. The van der Waals surface area contributed by atoms with Gasteiger partial charge in [-0.15, -0.1) is 6.58 Å². The van der Waals surface area contributed by atoms with Crippen molar-refractivity contribution in [3.05, 3.63) is 84.5 Å². The van der Waals surface area contributed by atoms with Crippen LogP contribution in [0.25, 0.3) is 0 Å². The van der Waals surface area contributed by atoms with Crippen LogP contribution in [0.15, 0.2) is 73.4 Å². The highest BCUT2D eigenvalue weighted by Crippen LogP contribution is 2.66. The molecule has 174 valence electrons. The number of benzene rings is 1. The predicted molar refractivity (Wildman–Crippen MR) is 142 cm³/mol. The molecule has 0 bridgehead atoms. The molecule has 5 atom stereocenters. The Labute approximate surface area is 198 Å². The third-order valence-corrected chi connectivity index (χ3v) is 9.17. The lowest BCUT2D eigenvalue weighted by molar-refractivity contribution is 0.269. The van der Waals surface area contributed by atoms with Crippen molar-refractivity contribution in [3.63, 3.8) is 0 Å². The molecular formula is C32H46. The van der Waals surface area contributed by atoms with Gasteiger partial charge >= 0.3 is 0 Å². The highest BCUT2D eigenvalue weighted by Gasteiger charge is 2.60. The van der Waals surface area contributed by atoms with Crippen molar-refractivity contribution in [1.82, 2.24) is 0 Å². The highest BCUT2D eigenvalue weighted by molar-refractivity contribution is 5.33. The van der Waals surface area contributed by atoms with E-state index < -0.39 is 0 Å². The van der Waals surface area contributed by atoms with Crippen molar-refractivity contribution in [2.45, 2.75) is 73.1 Å². The molecule has 0 N–H and O–H groups in total. The SMILES string of the molecule is C=CCCC(C(=C)C(=C)C)C(CC(=C)C(C)C1Cc2ccccc2C1)C1C(CC)C1(C)C. The minimum absolute atomic E-state index is 0.411. The second-order valence-electron chi connectivity index (χ2n) is 11.4. The topological polar surface area (TPSA) is 0 Å². The van der Waals surface area contributed by atoms with Crippen molar-refractivity contribution in [1.29, 1.82) is 0 Å². The van der Waals surface area contributed by atoms with Crippen molar-refractivity contribution in [2.24, 2.45) is 40.9 Å². The Morgan fingerprint density at radius 3 is 2.19 bits per heavy atom. The number of hydrogen-bond donors (Lipinski definition) is 0. The van der Waals surface area contributed by atoms with E-state index in [9.17, 15) is 0 Å². The van der Waals surface area contributed by atoms with Crippen LogP contribution in [0, 0.1) is 40.9 Å². The smallest absolute Gasteiger partial charge is 0.0128 e. The second-order valence-corrected chi connectivity index (χ2v) is 11.4. The molecule has 0 heterocycles. The van der Waals surface area contributed by atoms with E-state index in [1.807, 2.05) is 0 Å². The summed E-state index contributed by atoms with van der Waals surface area (Å²) in [4.78, 5) is 0. The molecule has 0 nitrogen and oxygen atoms in total. The van der Waals surface area contributed by atoms with Gasteiger partial charge in [0.25, 0.3) is 0 Å². The molecule has 0 radical (unpaired) electrons. The molecule has 0 saturated heterocycles. The molecule has 1 aromatic carbocycles. The third-order valence-electron chi connectivity index (χ3n) is 9.17. The second kappa shape index (κ2) is 9.98.